The number of rotatable bonds is 4. The molecule has 0 aromatic heterocycles. The lowest BCUT2D eigenvalue weighted by atomic mass is 10.1. The Bertz CT molecular complexity index is 306. The van der Waals surface area contributed by atoms with E-state index < -0.39 is 12.7 Å². The summed E-state index contributed by atoms with van der Waals surface area (Å²) in [5.74, 6) is 0.654. The molecule has 0 spiro atoms. The summed E-state index contributed by atoms with van der Waals surface area (Å²) < 4.78 is 18.7. The highest BCUT2D eigenvalue weighted by atomic mass is 79.9. The Kier molecular flexibility index (Phi) is 4.35. The number of halogens is 2. The highest BCUT2D eigenvalue weighted by molar-refractivity contribution is 9.10. The summed E-state index contributed by atoms with van der Waals surface area (Å²) in [6.07, 6.45) is 0. The van der Waals surface area contributed by atoms with Gasteiger partial charge in [0.25, 0.3) is 0 Å². The first-order chi connectivity index (χ1) is 6.69. The van der Waals surface area contributed by atoms with E-state index in [2.05, 4.69) is 15.9 Å². The Balaban J connectivity index is 3.02. The second-order valence-electron chi connectivity index (χ2n) is 2.88. The van der Waals surface area contributed by atoms with Crippen LogP contribution in [0.3, 0.4) is 0 Å². The third-order valence-electron chi connectivity index (χ3n) is 1.84. The molecule has 0 amide bonds. The summed E-state index contributed by atoms with van der Waals surface area (Å²) in [4.78, 5) is 0. The summed E-state index contributed by atoms with van der Waals surface area (Å²) in [6.45, 7) is 1.84. The van der Waals surface area contributed by atoms with E-state index in [0.717, 1.165) is 4.47 Å². The van der Waals surface area contributed by atoms with E-state index in [0.29, 0.717) is 17.9 Å². The van der Waals surface area contributed by atoms with Gasteiger partial charge in [0.2, 0.25) is 0 Å². The first-order valence-corrected chi connectivity index (χ1v) is 5.22. The maximum atomic E-state index is 12.4. The molecule has 0 aliphatic rings. The van der Waals surface area contributed by atoms with Crippen molar-refractivity contribution in [3.05, 3.63) is 28.2 Å². The number of hydrogen-bond donors (Lipinski definition) is 1. The van der Waals surface area contributed by atoms with Crippen LogP contribution in [-0.2, 0) is 0 Å². The molecule has 0 bridgehead atoms. The van der Waals surface area contributed by atoms with Crippen LogP contribution in [0.5, 0.6) is 5.75 Å². The minimum atomic E-state index is -0.617. The van der Waals surface area contributed by atoms with Crippen molar-refractivity contribution in [2.75, 3.05) is 13.3 Å². The van der Waals surface area contributed by atoms with Gasteiger partial charge in [0, 0.05) is 10.0 Å². The molecule has 1 aromatic carbocycles. The monoisotopic (exact) mass is 261 g/mol. The van der Waals surface area contributed by atoms with E-state index >= 15 is 0 Å². The van der Waals surface area contributed by atoms with Gasteiger partial charge in [0.05, 0.1) is 12.6 Å². The van der Waals surface area contributed by atoms with Crippen LogP contribution >= 0.6 is 15.9 Å². The molecule has 78 valence electrons. The SMILES string of the molecule is CCOc1ccc(Br)cc1[C@H](N)CF. The summed E-state index contributed by atoms with van der Waals surface area (Å²) in [6, 6.07) is 4.81. The van der Waals surface area contributed by atoms with Crippen LogP contribution in [0, 0.1) is 0 Å². The maximum Gasteiger partial charge on any atom is 0.124 e. The average Bonchev–Trinajstić information content (AvgIpc) is 2.20. The predicted octanol–water partition coefficient (Wildman–Crippen LogP) is 2.82. The largest absolute Gasteiger partial charge is 0.494 e. The smallest absolute Gasteiger partial charge is 0.124 e. The normalized spacial score (nSPS) is 12.6. The molecule has 0 saturated heterocycles. The molecular formula is C10H13BrFNO. The topological polar surface area (TPSA) is 35.2 Å². The van der Waals surface area contributed by atoms with Crippen molar-refractivity contribution in [3.63, 3.8) is 0 Å². The van der Waals surface area contributed by atoms with Crippen molar-refractivity contribution in [1.29, 1.82) is 0 Å². The van der Waals surface area contributed by atoms with E-state index in [1.54, 1.807) is 12.1 Å². The van der Waals surface area contributed by atoms with Crippen molar-refractivity contribution in [2.45, 2.75) is 13.0 Å². The molecular weight excluding hydrogens is 249 g/mol. The van der Waals surface area contributed by atoms with Gasteiger partial charge in [-0.3, -0.25) is 0 Å². The number of hydrogen-bond acceptors (Lipinski definition) is 2. The van der Waals surface area contributed by atoms with Crippen LogP contribution in [0.15, 0.2) is 22.7 Å². The first-order valence-electron chi connectivity index (χ1n) is 4.42. The highest BCUT2D eigenvalue weighted by Gasteiger charge is 2.12. The number of ether oxygens (including phenoxy) is 1. The lowest BCUT2D eigenvalue weighted by Crippen LogP contribution is -2.13. The quantitative estimate of drug-likeness (QED) is 0.905. The van der Waals surface area contributed by atoms with Gasteiger partial charge in [0.15, 0.2) is 0 Å². The number of nitrogens with two attached hydrogens (primary N) is 1. The van der Waals surface area contributed by atoms with Crippen molar-refractivity contribution < 1.29 is 9.13 Å². The third kappa shape index (κ3) is 2.69. The molecule has 4 heteroatoms. The van der Waals surface area contributed by atoms with Crippen LogP contribution < -0.4 is 10.5 Å². The van der Waals surface area contributed by atoms with Crippen LogP contribution in [0.25, 0.3) is 0 Å². The second-order valence-corrected chi connectivity index (χ2v) is 3.79. The summed E-state index contributed by atoms with van der Waals surface area (Å²) >= 11 is 3.31. The molecule has 0 fully saturated rings. The molecule has 14 heavy (non-hydrogen) atoms. The van der Waals surface area contributed by atoms with E-state index in [-0.39, 0.29) is 0 Å². The van der Waals surface area contributed by atoms with E-state index in [1.807, 2.05) is 13.0 Å². The van der Waals surface area contributed by atoms with Gasteiger partial charge in [-0.05, 0) is 25.1 Å². The molecule has 2 nitrogen and oxygen atoms in total. The molecule has 0 radical (unpaired) electrons. The van der Waals surface area contributed by atoms with Gasteiger partial charge < -0.3 is 10.5 Å². The average molecular weight is 262 g/mol. The van der Waals surface area contributed by atoms with Gasteiger partial charge >= 0.3 is 0 Å². The molecule has 1 rings (SSSR count). The van der Waals surface area contributed by atoms with Gasteiger partial charge in [0.1, 0.15) is 12.4 Å². The lowest BCUT2D eigenvalue weighted by molar-refractivity contribution is 0.329. The fourth-order valence-electron chi connectivity index (χ4n) is 1.18. The second kappa shape index (κ2) is 5.32. The van der Waals surface area contributed by atoms with Crippen molar-refractivity contribution in [2.24, 2.45) is 5.73 Å². The molecule has 0 aliphatic carbocycles. The number of benzene rings is 1. The molecule has 0 saturated carbocycles. The molecule has 1 atom stereocenters. The Labute approximate surface area is 91.4 Å². The van der Waals surface area contributed by atoms with Crippen LogP contribution in [0.2, 0.25) is 0 Å². The van der Waals surface area contributed by atoms with Crippen molar-refractivity contribution >= 4 is 15.9 Å². The zero-order chi connectivity index (χ0) is 10.6. The van der Waals surface area contributed by atoms with Gasteiger partial charge in [-0.15, -0.1) is 0 Å². The number of alkyl halides is 1. The predicted molar refractivity (Wildman–Crippen MR) is 58.2 cm³/mol. The zero-order valence-corrected chi connectivity index (χ0v) is 9.55. The Morgan fingerprint density at radius 2 is 2.29 bits per heavy atom. The van der Waals surface area contributed by atoms with Crippen molar-refractivity contribution in [1.82, 2.24) is 0 Å². The van der Waals surface area contributed by atoms with Gasteiger partial charge in [-0.1, -0.05) is 15.9 Å². The van der Waals surface area contributed by atoms with Crippen LogP contribution in [-0.4, -0.2) is 13.3 Å². The third-order valence-corrected chi connectivity index (χ3v) is 2.33. The van der Waals surface area contributed by atoms with Gasteiger partial charge in [-0.2, -0.15) is 0 Å². The first kappa shape index (κ1) is 11.5. The Hall–Kier alpha value is -0.610. The zero-order valence-electron chi connectivity index (χ0n) is 7.97. The fraction of sp³-hybridized carbons (Fsp3) is 0.400. The van der Waals surface area contributed by atoms with Crippen molar-refractivity contribution in [3.8, 4) is 5.75 Å². The lowest BCUT2D eigenvalue weighted by Gasteiger charge is -2.14. The molecule has 0 heterocycles. The standard InChI is InChI=1S/C10H13BrFNO/c1-2-14-10-4-3-7(11)5-8(10)9(13)6-12/h3-5,9H,2,6,13H2,1H3/t9-/m1/s1. The summed E-state index contributed by atoms with van der Waals surface area (Å²) in [7, 11) is 0. The van der Waals surface area contributed by atoms with Crippen LogP contribution in [0.4, 0.5) is 4.39 Å². The van der Waals surface area contributed by atoms with Crippen LogP contribution in [0.1, 0.15) is 18.5 Å². The minimum Gasteiger partial charge on any atom is -0.494 e. The highest BCUT2D eigenvalue weighted by Crippen LogP contribution is 2.27. The summed E-state index contributed by atoms with van der Waals surface area (Å²) in [5, 5.41) is 0. The minimum absolute atomic E-state index is 0.549. The Morgan fingerprint density at radius 1 is 1.57 bits per heavy atom. The molecule has 0 aliphatic heterocycles. The van der Waals surface area contributed by atoms with E-state index in [4.69, 9.17) is 10.5 Å². The summed E-state index contributed by atoms with van der Waals surface area (Å²) in [5.41, 5.74) is 6.32. The molecule has 2 N–H and O–H groups in total. The fourth-order valence-corrected chi connectivity index (χ4v) is 1.56. The van der Waals surface area contributed by atoms with E-state index in [1.165, 1.54) is 0 Å². The van der Waals surface area contributed by atoms with Gasteiger partial charge in [-0.25, -0.2) is 4.39 Å². The maximum absolute atomic E-state index is 12.4. The molecule has 1 aromatic rings. The molecule has 0 unspecified atom stereocenters. The Morgan fingerprint density at radius 3 is 2.86 bits per heavy atom. The van der Waals surface area contributed by atoms with E-state index in [9.17, 15) is 4.39 Å².